The second kappa shape index (κ2) is 5.04. The van der Waals surface area contributed by atoms with Crippen LogP contribution < -0.4 is 0 Å². The fourth-order valence-corrected chi connectivity index (χ4v) is 0.199. The molecule has 0 atom stereocenters. The maximum atomic E-state index is 3.48. The molecule has 0 aliphatic rings. The Kier molecular flexibility index (Phi) is 4.35. The van der Waals surface area contributed by atoms with E-state index >= 15 is 0 Å². The van der Waals surface area contributed by atoms with Crippen LogP contribution >= 0.6 is 0 Å². The molecule has 0 aromatic heterocycles. The molecule has 0 amide bonds. The van der Waals surface area contributed by atoms with Gasteiger partial charge < -0.3 is 0 Å². The van der Waals surface area contributed by atoms with Crippen LogP contribution in [-0.4, -0.2) is 0 Å². The topological polar surface area (TPSA) is 0 Å². The molecule has 0 unspecified atom stereocenters. The third-order valence-electron chi connectivity index (χ3n) is 0.460. The van der Waals surface area contributed by atoms with E-state index in [9.17, 15) is 0 Å². The average Bonchev–Trinajstić information content (AvgIpc) is 1.69. The highest BCUT2D eigenvalue weighted by Crippen LogP contribution is 1.67. The van der Waals surface area contributed by atoms with E-state index in [0.717, 1.165) is 0 Å². The first-order valence-electron chi connectivity index (χ1n) is 2.11. The SMILES string of the molecule is C=C/C=C/C#CC. The lowest BCUT2D eigenvalue weighted by molar-refractivity contribution is 1.90. The van der Waals surface area contributed by atoms with Gasteiger partial charge in [-0.1, -0.05) is 24.7 Å². The predicted octanol–water partition coefficient (Wildman–Crippen LogP) is 1.75. The first-order chi connectivity index (χ1) is 3.41. The molecule has 0 aliphatic heterocycles. The Morgan fingerprint density at radius 3 is 2.71 bits per heavy atom. The van der Waals surface area contributed by atoms with Gasteiger partial charge in [0, 0.05) is 0 Å². The Hall–Kier alpha value is -0.960. The van der Waals surface area contributed by atoms with Crippen LogP contribution in [-0.2, 0) is 0 Å². The third kappa shape index (κ3) is 5.04. The molecule has 0 aromatic rings. The highest BCUT2D eigenvalue weighted by Gasteiger charge is 1.49. The second-order valence-corrected chi connectivity index (χ2v) is 0.989. The first-order valence-corrected chi connectivity index (χ1v) is 2.11. The largest absolute Gasteiger partial charge is 0.102 e. The molecule has 0 nitrogen and oxygen atoms in total. The molecule has 0 heteroatoms. The molecular weight excluding hydrogens is 84.1 g/mol. The van der Waals surface area contributed by atoms with E-state index < -0.39 is 0 Å². The molecule has 0 N–H and O–H groups in total. The summed E-state index contributed by atoms with van der Waals surface area (Å²) in [6.07, 6.45) is 5.26. The van der Waals surface area contributed by atoms with E-state index in [-0.39, 0.29) is 0 Å². The molecule has 7 heavy (non-hydrogen) atoms. The van der Waals surface area contributed by atoms with Crippen molar-refractivity contribution in [1.82, 2.24) is 0 Å². The second-order valence-electron chi connectivity index (χ2n) is 0.989. The highest BCUT2D eigenvalue weighted by atomic mass is 13.6. The van der Waals surface area contributed by atoms with Crippen LogP contribution in [0.3, 0.4) is 0 Å². The number of allylic oxidation sites excluding steroid dienone is 3. The van der Waals surface area contributed by atoms with Crippen LogP contribution in [0.5, 0.6) is 0 Å². The minimum atomic E-state index is 1.70. The van der Waals surface area contributed by atoms with Crippen LogP contribution in [0.25, 0.3) is 0 Å². The van der Waals surface area contributed by atoms with Crippen molar-refractivity contribution in [2.75, 3.05) is 0 Å². The molecule has 0 aliphatic carbocycles. The standard InChI is InChI=1S/C7H8/c1-3-5-7-6-4-2/h3,5,7H,1H2,2H3/b7-5+. The van der Waals surface area contributed by atoms with Gasteiger partial charge in [-0.05, 0) is 13.0 Å². The van der Waals surface area contributed by atoms with E-state index in [2.05, 4.69) is 18.4 Å². The summed E-state index contributed by atoms with van der Waals surface area (Å²) in [6, 6.07) is 0. The van der Waals surface area contributed by atoms with Gasteiger partial charge in [-0.25, -0.2) is 0 Å². The summed E-state index contributed by atoms with van der Waals surface area (Å²) in [7, 11) is 0. The van der Waals surface area contributed by atoms with E-state index in [4.69, 9.17) is 0 Å². The van der Waals surface area contributed by atoms with Gasteiger partial charge in [0.05, 0.1) is 0 Å². The van der Waals surface area contributed by atoms with Gasteiger partial charge in [-0.3, -0.25) is 0 Å². The third-order valence-corrected chi connectivity index (χ3v) is 0.460. The maximum absolute atomic E-state index is 3.48. The Morgan fingerprint density at radius 2 is 2.29 bits per heavy atom. The van der Waals surface area contributed by atoms with Crippen LogP contribution in [0, 0.1) is 11.8 Å². The van der Waals surface area contributed by atoms with Gasteiger partial charge in [-0.15, -0.1) is 5.92 Å². The Morgan fingerprint density at radius 1 is 1.57 bits per heavy atom. The lowest BCUT2D eigenvalue weighted by Gasteiger charge is -1.60. The normalized spacial score (nSPS) is 7.57. The monoisotopic (exact) mass is 92.1 g/mol. The molecule has 0 rings (SSSR count). The molecule has 0 fully saturated rings. The Balaban J connectivity index is 3.40. The van der Waals surface area contributed by atoms with Crippen molar-refractivity contribution in [1.29, 1.82) is 0 Å². The minimum Gasteiger partial charge on any atom is -0.102 e. The average molecular weight is 92.1 g/mol. The van der Waals surface area contributed by atoms with Crippen LogP contribution in [0.2, 0.25) is 0 Å². The van der Waals surface area contributed by atoms with Crippen LogP contribution in [0.15, 0.2) is 24.8 Å². The van der Waals surface area contributed by atoms with Gasteiger partial charge in [0.15, 0.2) is 0 Å². The summed E-state index contributed by atoms with van der Waals surface area (Å²) in [6.45, 7) is 5.28. The van der Waals surface area contributed by atoms with Gasteiger partial charge in [-0.2, -0.15) is 0 Å². The zero-order valence-electron chi connectivity index (χ0n) is 4.44. The fraction of sp³-hybridized carbons (Fsp3) is 0.143. The molecule has 0 saturated heterocycles. The van der Waals surface area contributed by atoms with Crippen molar-refractivity contribution < 1.29 is 0 Å². The summed E-state index contributed by atoms with van der Waals surface area (Å²) in [5.41, 5.74) is 0. The molecule has 0 spiro atoms. The van der Waals surface area contributed by atoms with Crippen molar-refractivity contribution in [3.63, 3.8) is 0 Å². The smallest absolute Gasteiger partial charge is 0.00235 e. The Labute approximate surface area is 44.5 Å². The summed E-state index contributed by atoms with van der Waals surface area (Å²) in [5, 5.41) is 0. The van der Waals surface area contributed by atoms with Crippen molar-refractivity contribution in [2.45, 2.75) is 6.92 Å². The zero-order chi connectivity index (χ0) is 5.54. The van der Waals surface area contributed by atoms with Crippen molar-refractivity contribution in [3.8, 4) is 11.8 Å². The van der Waals surface area contributed by atoms with E-state index in [1.165, 1.54) is 0 Å². The van der Waals surface area contributed by atoms with Gasteiger partial charge in [0.2, 0.25) is 0 Å². The first kappa shape index (κ1) is 6.04. The van der Waals surface area contributed by atoms with E-state index in [1.807, 2.05) is 0 Å². The lowest BCUT2D eigenvalue weighted by Crippen LogP contribution is -1.44. The zero-order valence-corrected chi connectivity index (χ0v) is 4.44. The molecule has 0 heterocycles. The van der Waals surface area contributed by atoms with Crippen molar-refractivity contribution in [2.24, 2.45) is 0 Å². The summed E-state index contributed by atoms with van der Waals surface area (Å²) >= 11 is 0. The molecule has 0 bridgehead atoms. The summed E-state index contributed by atoms with van der Waals surface area (Å²) in [4.78, 5) is 0. The van der Waals surface area contributed by atoms with Crippen molar-refractivity contribution >= 4 is 0 Å². The lowest BCUT2D eigenvalue weighted by atomic mass is 10.5. The van der Waals surface area contributed by atoms with Gasteiger partial charge in [0.25, 0.3) is 0 Å². The van der Waals surface area contributed by atoms with Gasteiger partial charge >= 0.3 is 0 Å². The van der Waals surface area contributed by atoms with Crippen LogP contribution in [0.1, 0.15) is 6.92 Å². The van der Waals surface area contributed by atoms with Gasteiger partial charge in [0.1, 0.15) is 0 Å². The molecule has 0 saturated carbocycles. The molecule has 0 radical (unpaired) electrons. The Bertz CT molecular complexity index is 119. The molecule has 0 aromatic carbocycles. The number of hydrogen-bond donors (Lipinski definition) is 0. The summed E-state index contributed by atoms with van der Waals surface area (Å²) < 4.78 is 0. The van der Waals surface area contributed by atoms with Crippen LogP contribution in [0.4, 0.5) is 0 Å². The van der Waals surface area contributed by atoms with E-state index in [1.54, 1.807) is 25.2 Å². The number of hydrogen-bond acceptors (Lipinski definition) is 0. The van der Waals surface area contributed by atoms with E-state index in [0.29, 0.717) is 0 Å². The minimum absolute atomic E-state index is 1.70. The number of rotatable bonds is 1. The molecular formula is C7H8. The molecule has 36 valence electrons. The summed E-state index contributed by atoms with van der Waals surface area (Å²) in [5.74, 6) is 5.47. The van der Waals surface area contributed by atoms with Crippen molar-refractivity contribution in [3.05, 3.63) is 24.8 Å². The maximum Gasteiger partial charge on any atom is -0.00235 e. The fourth-order valence-electron chi connectivity index (χ4n) is 0.199. The predicted molar refractivity (Wildman–Crippen MR) is 32.8 cm³/mol. The quantitative estimate of drug-likeness (QED) is 0.341. The highest BCUT2D eigenvalue weighted by molar-refractivity contribution is 5.17.